The smallest absolute Gasteiger partial charge is 0.412 e. The molecule has 2 aromatic carbocycles. The lowest BCUT2D eigenvalue weighted by atomic mass is 10.2. The fourth-order valence-corrected chi connectivity index (χ4v) is 3.52. The molecule has 0 atom stereocenters. The largest absolute Gasteiger partial charge is 0.444 e. The van der Waals surface area contributed by atoms with E-state index in [1.807, 2.05) is 54.6 Å². The Hall–Kier alpha value is -1.85. The van der Waals surface area contributed by atoms with Crippen molar-refractivity contribution in [3.8, 4) is 0 Å². The summed E-state index contributed by atoms with van der Waals surface area (Å²) in [6.45, 7) is 0.265. The highest BCUT2D eigenvalue weighted by Gasteiger charge is 2.08. The molecule has 0 saturated heterocycles. The van der Waals surface area contributed by atoms with Gasteiger partial charge >= 0.3 is 6.09 Å². The van der Waals surface area contributed by atoms with Crippen molar-refractivity contribution < 1.29 is 9.53 Å². The van der Waals surface area contributed by atoms with Gasteiger partial charge in [0.1, 0.15) is 6.61 Å². The van der Waals surface area contributed by atoms with Crippen LogP contribution in [0.2, 0.25) is 0 Å². The van der Waals surface area contributed by atoms with Gasteiger partial charge in [-0.3, -0.25) is 5.32 Å². The number of carbonyl (C=O) groups excluding carboxylic acids is 1. The summed E-state index contributed by atoms with van der Waals surface area (Å²) < 4.78 is 7.33. The van der Waals surface area contributed by atoms with Crippen molar-refractivity contribution in [1.29, 1.82) is 0 Å². The van der Waals surface area contributed by atoms with Gasteiger partial charge in [-0.15, -0.1) is 11.3 Å². The summed E-state index contributed by atoms with van der Waals surface area (Å²) in [7, 11) is 0. The molecule has 1 amide bonds. The Bertz CT molecular complexity index is 770. The molecule has 3 aromatic rings. The van der Waals surface area contributed by atoms with Crippen LogP contribution in [0.25, 0.3) is 10.1 Å². The van der Waals surface area contributed by atoms with E-state index < -0.39 is 6.09 Å². The van der Waals surface area contributed by atoms with E-state index in [4.69, 9.17) is 4.74 Å². The minimum absolute atomic E-state index is 0.265. The number of thiophene rings is 1. The maximum Gasteiger partial charge on any atom is 0.412 e. The van der Waals surface area contributed by atoms with Crippen LogP contribution in [0.4, 0.5) is 9.80 Å². The second kappa shape index (κ2) is 6.28. The van der Waals surface area contributed by atoms with E-state index >= 15 is 0 Å². The van der Waals surface area contributed by atoms with Crippen molar-refractivity contribution in [1.82, 2.24) is 0 Å². The minimum Gasteiger partial charge on any atom is -0.444 e. The molecule has 0 saturated carbocycles. The zero-order valence-electron chi connectivity index (χ0n) is 11.0. The Labute approximate surface area is 134 Å². The van der Waals surface area contributed by atoms with Gasteiger partial charge in [-0.25, -0.2) is 4.79 Å². The van der Waals surface area contributed by atoms with Crippen molar-refractivity contribution in [3.63, 3.8) is 0 Å². The van der Waals surface area contributed by atoms with Crippen molar-refractivity contribution >= 4 is 48.4 Å². The number of carbonyl (C=O) groups is 1. The molecule has 0 aliphatic rings. The Morgan fingerprint density at radius 2 is 1.95 bits per heavy atom. The first-order chi connectivity index (χ1) is 10.2. The molecule has 0 aliphatic carbocycles. The third-order valence-corrected chi connectivity index (χ3v) is 4.96. The average molecular weight is 362 g/mol. The number of rotatable bonds is 3. The first-order valence-electron chi connectivity index (χ1n) is 6.38. The van der Waals surface area contributed by atoms with Crippen LogP contribution in [0.15, 0.2) is 59.1 Å². The van der Waals surface area contributed by atoms with E-state index in [0.717, 1.165) is 25.1 Å². The van der Waals surface area contributed by atoms with Gasteiger partial charge in [0.05, 0.1) is 9.70 Å². The Morgan fingerprint density at radius 1 is 1.14 bits per heavy atom. The zero-order valence-corrected chi connectivity index (χ0v) is 13.4. The lowest BCUT2D eigenvalue weighted by Crippen LogP contribution is -2.12. The molecule has 3 rings (SSSR count). The third kappa shape index (κ3) is 3.43. The Morgan fingerprint density at radius 3 is 2.71 bits per heavy atom. The standard InChI is InChI=1S/C16H12BrNO2S/c17-13-8-4-7-12-9-14(21-15(12)13)18-16(19)20-10-11-5-2-1-3-6-11/h1-9H,10H2,(H,18,19). The van der Waals surface area contributed by atoms with Crippen molar-refractivity contribution in [2.45, 2.75) is 6.61 Å². The molecule has 1 N–H and O–H groups in total. The van der Waals surface area contributed by atoms with Gasteiger partial charge in [0, 0.05) is 4.47 Å². The van der Waals surface area contributed by atoms with Crippen molar-refractivity contribution in [2.24, 2.45) is 0 Å². The van der Waals surface area contributed by atoms with E-state index in [-0.39, 0.29) is 6.61 Å². The van der Waals surface area contributed by atoms with E-state index in [9.17, 15) is 4.79 Å². The Balaban J connectivity index is 1.65. The van der Waals surface area contributed by atoms with Gasteiger partial charge < -0.3 is 4.74 Å². The molecule has 1 heterocycles. The number of hydrogen-bond acceptors (Lipinski definition) is 3. The normalized spacial score (nSPS) is 10.5. The number of fused-ring (bicyclic) bond motifs is 1. The van der Waals surface area contributed by atoms with Gasteiger partial charge in [0.2, 0.25) is 0 Å². The SMILES string of the molecule is O=C(Nc1cc2cccc(Br)c2s1)OCc1ccccc1. The van der Waals surface area contributed by atoms with Crippen LogP contribution in [0.5, 0.6) is 0 Å². The lowest BCUT2D eigenvalue weighted by molar-refractivity contribution is 0.155. The van der Waals surface area contributed by atoms with Crippen LogP contribution in [0, 0.1) is 0 Å². The topological polar surface area (TPSA) is 38.3 Å². The fourth-order valence-electron chi connectivity index (χ4n) is 1.95. The monoisotopic (exact) mass is 361 g/mol. The average Bonchev–Trinajstić information content (AvgIpc) is 2.90. The van der Waals surface area contributed by atoms with E-state index in [0.29, 0.717) is 0 Å². The molecule has 0 aliphatic heterocycles. The number of hydrogen-bond donors (Lipinski definition) is 1. The van der Waals surface area contributed by atoms with Crippen molar-refractivity contribution in [2.75, 3.05) is 5.32 Å². The number of ether oxygens (including phenoxy) is 1. The molecule has 5 heteroatoms. The van der Waals surface area contributed by atoms with E-state index in [1.54, 1.807) is 0 Å². The fraction of sp³-hybridized carbons (Fsp3) is 0.0625. The molecule has 0 spiro atoms. The molecule has 0 unspecified atom stereocenters. The maximum atomic E-state index is 11.8. The summed E-state index contributed by atoms with van der Waals surface area (Å²) >= 11 is 5.02. The number of amides is 1. The predicted molar refractivity (Wildman–Crippen MR) is 89.8 cm³/mol. The van der Waals surface area contributed by atoms with Gasteiger partial charge in [0.25, 0.3) is 0 Å². The number of nitrogens with one attached hydrogen (secondary N) is 1. The van der Waals surface area contributed by atoms with Gasteiger partial charge in [0.15, 0.2) is 0 Å². The first-order valence-corrected chi connectivity index (χ1v) is 7.99. The number of halogens is 1. The van der Waals surface area contributed by atoms with Crippen LogP contribution >= 0.6 is 27.3 Å². The zero-order chi connectivity index (χ0) is 14.7. The minimum atomic E-state index is -0.443. The summed E-state index contributed by atoms with van der Waals surface area (Å²) in [6, 6.07) is 17.5. The molecule has 106 valence electrons. The summed E-state index contributed by atoms with van der Waals surface area (Å²) in [6.07, 6.45) is -0.443. The number of benzene rings is 2. The Kier molecular flexibility index (Phi) is 4.22. The molecular formula is C16H12BrNO2S. The first kappa shape index (κ1) is 14.1. The molecule has 0 radical (unpaired) electrons. The molecule has 21 heavy (non-hydrogen) atoms. The molecule has 1 aromatic heterocycles. The second-order valence-electron chi connectivity index (χ2n) is 4.46. The van der Waals surface area contributed by atoms with Crippen LogP contribution in [0.3, 0.4) is 0 Å². The van der Waals surface area contributed by atoms with E-state index in [2.05, 4.69) is 21.2 Å². The summed E-state index contributed by atoms with van der Waals surface area (Å²) in [4.78, 5) is 11.8. The number of anilines is 1. The molecular weight excluding hydrogens is 350 g/mol. The van der Waals surface area contributed by atoms with Gasteiger partial charge in [-0.1, -0.05) is 42.5 Å². The summed E-state index contributed by atoms with van der Waals surface area (Å²) in [5, 5.41) is 4.63. The van der Waals surface area contributed by atoms with Crippen LogP contribution < -0.4 is 5.32 Å². The van der Waals surface area contributed by atoms with Crippen LogP contribution in [-0.4, -0.2) is 6.09 Å². The predicted octanol–water partition coefficient (Wildman–Crippen LogP) is 5.41. The van der Waals surface area contributed by atoms with E-state index in [1.165, 1.54) is 11.3 Å². The highest BCUT2D eigenvalue weighted by atomic mass is 79.9. The molecule has 0 bridgehead atoms. The third-order valence-electron chi connectivity index (χ3n) is 2.93. The van der Waals surface area contributed by atoms with Crippen molar-refractivity contribution in [3.05, 3.63) is 64.6 Å². The maximum absolute atomic E-state index is 11.8. The van der Waals surface area contributed by atoms with Crippen LogP contribution in [0.1, 0.15) is 5.56 Å². The van der Waals surface area contributed by atoms with Crippen LogP contribution in [-0.2, 0) is 11.3 Å². The highest BCUT2D eigenvalue weighted by Crippen LogP contribution is 2.34. The summed E-state index contributed by atoms with van der Waals surface area (Å²) in [5.74, 6) is 0. The second-order valence-corrected chi connectivity index (χ2v) is 6.36. The lowest BCUT2D eigenvalue weighted by Gasteiger charge is -2.05. The quantitative estimate of drug-likeness (QED) is 0.676. The summed E-state index contributed by atoms with van der Waals surface area (Å²) in [5.41, 5.74) is 0.965. The van der Waals surface area contributed by atoms with Gasteiger partial charge in [-0.2, -0.15) is 0 Å². The highest BCUT2D eigenvalue weighted by molar-refractivity contribution is 9.10. The molecule has 3 nitrogen and oxygen atoms in total. The van der Waals surface area contributed by atoms with Gasteiger partial charge in [-0.05, 0) is 39.0 Å². The molecule has 0 fully saturated rings.